The Morgan fingerprint density at radius 2 is 1.84 bits per heavy atom. The number of thioether (sulfide) groups is 1. The molecule has 0 amide bonds. The molecular weight excluding hydrogens is 414 g/mol. The summed E-state index contributed by atoms with van der Waals surface area (Å²) in [6.07, 6.45) is 0. The molecule has 0 unspecified atom stereocenters. The number of rotatable bonds is 9. The average Bonchev–Trinajstić information content (AvgIpc) is 3.46. The Morgan fingerprint density at radius 3 is 2.61 bits per heavy atom. The van der Waals surface area contributed by atoms with Crippen LogP contribution in [0.4, 0.5) is 0 Å². The number of benzene rings is 2. The second kappa shape index (κ2) is 9.53. The topological polar surface area (TPSA) is 90.2 Å². The Hall–Kier alpha value is -3.52. The van der Waals surface area contributed by atoms with Crippen LogP contribution in [0.2, 0.25) is 0 Å². The average molecular weight is 436 g/mol. The number of Topliss-reactive ketones (excluding diaryl/α,β-unsaturated/α-hetero) is 1. The van der Waals surface area contributed by atoms with Gasteiger partial charge in [-0.25, -0.2) is 0 Å². The molecule has 0 saturated heterocycles. The van der Waals surface area contributed by atoms with Gasteiger partial charge in [-0.05, 0) is 42.8 Å². The third kappa shape index (κ3) is 5.16. The van der Waals surface area contributed by atoms with Crippen molar-refractivity contribution < 1.29 is 18.7 Å². The van der Waals surface area contributed by atoms with Crippen LogP contribution in [0, 0.1) is 0 Å². The van der Waals surface area contributed by atoms with Crippen molar-refractivity contribution in [2.45, 2.75) is 18.7 Å². The fourth-order valence-electron chi connectivity index (χ4n) is 2.89. The van der Waals surface area contributed by atoms with E-state index in [9.17, 15) is 4.79 Å². The maximum Gasteiger partial charge on any atom is 0.197 e. The molecule has 0 fully saturated rings. The summed E-state index contributed by atoms with van der Waals surface area (Å²) in [5.74, 6) is 3.42. The number of ketones is 1. The molecule has 2 aromatic heterocycles. The molecule has 8 heteroatoms. The first-order valence-corrected chi connectivity index (χ1v) is 10.6. The van der Waals surface area contributed by atoms with E-state index in [1.54, 1.807) is 7.11 Å². The van der Waals surface area contributed by atoms with Gasteiger partial charge >= 0.3 is 0 Å². The number of carbonyl (C=O) groups excluding carboxylic acids is 1. The quantitative estimate of drug-likeness (QED) is 0.370. The molecule has 0 bridgehead atoms. The normalized spacial score (nSPS) is 10.8. The van der Waals surface area contributed by atoms with Crippen LogP contribution in [0.3, 0.4) is 0 Å². The maximum atomic E-state index is 11.1. The highest BCUT2D eigenvalue weighted by atomic mass is 32.2. The highest BCUT2D eigenvalue weighted by molar-refractivity contribution is 7.99. The first-order chi connectivity index (χ1) is 15.1. The van der Waals surface area contributed by atoms with Gasteiger partial charge in [0, 0.05) is 5.56 Å². The van der Waals surface area contributed by atoms with Gasteiger partial charge in [0.2, 0.25) is 0 Å². The summed E-state index contributed by atoms with van der Waals surface area (Å²) in [6, 6.07) is 19.3. The van der Waals surface area contributed by atoms with Gasteiger partial charge in [-0.3, -0.25) is 4.79 Å². The molecule has 31 heavy (non-hydrogen) atoms. The van der Waals surface area contributed by atoms with E-state index in [0.29, 0.717) is 46.4 Å². The van der Waals surface area contributed by atoms with Gasteiger partial charge in [-0.2, -0.15) is 0 Å². The van der Waals surface area contributed by atoms with Crippen LogP contribution in [0.1, 0.15) is 12.5 Å². The number of hydrogen-bond acceptors (Lipinski definition) is 7. The fourth-order valence-corrected chi connectivity index (χ4v) is 3.50. The summed E-state index contributed by atoms with van der Waals surface area (Å²) < 4.78 is 17.4. The number of nitrogens with one attached hydrogen (secondary N) is 1. The van der Waals surface area contributed by atoms with Crippen LogP contribution in [0.25, 0.3) is 22.9 Å². The minimum absolute atomic E-state index is 0.0769. The Labute approximate surface area is 183 Å². The van der Waals surface area contributed by atoms with Gasteiger partial charge < -0.3 is 18.9 Å². The lowest BCUT2D eigenvalue weighted by Crippen LogP contribution is -1.97. The Balaban J connectivity index is 1.52. The zero-order chi connectivity index (χ0) is 21.6. The Kier molecular flexibility index (Phi) is 6.37. The van der Waals surface area contributed by atoms with Crippen LogP contribution in [0.5, 0.6) is 11.5 Å². The highest BCUT2D eigenvalue weighted by Crippen LogP contribution is 2.35. The van der Waals surface area contributed by atoms with Gasteiger partial charge in [0.05, 0.1) is 12.9 Å². The number of carbonyl (C=O) groups is 1. The first-order valence-electron chi connectivity index (χ1n) is 9.62. The van der Waals surface area contributed by atoms with Crippen LogP contribution < -0.4 is 9.47 Å². The lowest BCUT2D eigenvalue weighted by atomic mass is 10.1. The van der Waals surface area contributed by atoms with Gasteiger partial charge in [-0.15, -0.1) is 10.2 Å². The van der Waals surface area contributed by atoms with Gasteiger partial charge in [0.15, 0.2) is 28.2 Å². The molecule has 0 saturated carbocycles. The predicted octanol–water partition coefficient (Wildman–Crippen LogP) is 5.00. The lowest BCUT2D eigenvalue weighted by molar-refractivity contribution is -0.114. The molecule has 4 rings (SSSR count). The molecule has 7 nitrogen and oxygen atoms in total. The molecule has 0 spiro atoms. The number of H-pyrrole nitrogens is 1. The van der Waals surface area contributed by atoms with Crippen molar-refractivity contribution in [2.75, 3.05) is 12.9 Å². The third-order valence-electron chi connectivity index (χ3n) is 4.40. The van der Waals surface area contributed by atoms with Crippen LogP contribution >= 0.6 is 11.8 Å². The van der Waals surface area contributed by atoms with Crippen molar-refractivity contribution in [3.05, 3.63) is 66.2 Å². The fraction of sp³-hybridized carbons (Fsp3) is 0.174. The molecule has 4 aromatic rings. The molecular formula is C23H21N3O4S. The van der Waals surface area contributed by atoms with E-state index in [2.05, 4.69) is 15.2 Å². The predicted molar refractivity (Wildman–Crippen MR) is 118 cm³/mol. The van der Waals surface area contributed by atoms with Crippen molar-refractivity contribution in [3.63, 3.8) is 0 Å². The Morgan fingerprint density at radius 1 is 1.03 bits per heavy atom. The second-order valence-corrected chi connectivity index (χ2v) is 7.74. The van der Waals surface area contributed by atoms with Crippen molar-refractivity contribution in [3.8, 4) is 34.4 Å². The monoisotopic (exact) mass is 435 g/mol. The molecule has 1 N–H and O–H groups in total. The zero-order valence-electron chi connectivity index (χ0n) is 17.1. The number of aromatic nitrogens is 3. The minimum Gasteiger partial charge on any atom is -0.493 e. The van der Waals surface area contributed by atoms with Crippen LogP contribution in [-0.4, -0.2) is 33.8 Å². The van der Waals surface area contributed by atoms with Gasteiger partial charge in [0.25, 0.3) is 0 Å². The van der Waals surface area contributed by atoms with E-state index >= 15 is 0 Å². The Bertz CT molecular complexity index is 1170. The number of furan rings is 1. The number of methoxy groups -OCH3 is 1. The molecule has 0 radical (unpaired) electrons. The molecule has 0 aliphatic rings. The molecule has 0 aliphatic carbocycles. The van der Waals surface area contributed by atoms with E-state index in [4.69, 9.17) is 13.9 Å². The number of aromatic amines is 1. The highest BCUT2D eigenvalue weighted by Gasteiger charge is 2.14. The molecule has 2 aromatic carbocycles. The summed E-state index contributed by atoms with van der Waals surface area (Å²) in [4.78, 5) is 14.2. The SMILES string of the molecule is COc1ccc(-c2ccc(-c3nnc(SCC(C)=O)[nH]3)o2)cc1OCc1ccccc1. The molecule has 2 heterocycles. The van der Waals surface area contributed by atoms with Crippen LogP contribution in [0.15, 0.2) is 70.2 Å². The van der Waals surface area contributed by atoms with E-state index in [-0.39, 0.29) is 5.78 Å². The van der Waals surface area contributed by atoms with Crippen molar-refractivity contribution in [1.82, 2.24) is 15.2 Å². The minimum atomic E-state index is 0.0769. The van der Waals surface area contributed by atoms with E-state index < -0.39 is 0 Å². The summed E-state index contributed by atoms with van der Waals surface area (Å²) >= 11 is 1.31. The van der Waals surface area contributed by atoms with Gasteiger partial charge in [-0.1, -0.05) is 42.1 Å². The second-order valence-electron chi connectivity index (χ2n) is 6.77. The smallest absolute Gasteiger partial charge is 0.197 e. The van der Waals surface area contributed by atoms with Crippen molar-refractivity contribution in [1.29, 1.82) is 0 Å². The number of nitrogens with zero attached hydrogens (tertiary/aromatic N) is 2. The van der Waals surface area contributed by atoms with Crippen molar-refractivity contribution in [2.24, 2.45) is 0 Å². The van der Waals surface area contributed by atoms with Gasteiger partial charge in [0.1, 0.15) is 18.2 Å². The van der Waals surface area contributed by atoms with Crippen molar-refractivity contribution >= 4 is 17.5 Å². The number of ether oxygens (including phenoxy) is 2. The summed E-state index contributed by atoms with van der Waals surface area (Å²) in [6.45, 7) is 1.97. The van der Waals surface area contributed by atoms with Crippen LogP contribution in [-0.2, 0) is 11.4 Å². The molecule has 158 valence electrons. The largest absolute Gasteiger partial charge is 0.493 e. The van der Waals surface area contributed by atoms with E-state index in [0.717, 1.165) is 11.1 Å². The van der Waals surface area contributed by atoms with E-state index in [1.165, 1.54) is 18.7 Å². The van der Waals surface area contributed by atoms with E-state index in [1.807, 2.05) is 60.7 Å². The third-order valence-corrected chi connectivity index (χ3v) is 5.41. The zero-order valence-corrected chi connectivity index (χ0v) is 17.9. The lowest BCUT2D eigenvalue weighted by Gasteiger charge is -2.12. The maximum absolute atomic E-state index is 11.1. The first kappa shape index (κ1) is 20.7. The molecule has 0 aliphatic heterocycles. The standard InChI is InChI=1S/C23H21N3O4S/c1-15(27)14-31-23-24-22(25-26-23)20-11-10-18(30-20)17-8-9-19(28-2)21(12-17)29-13-16-6-4-3-5-7-16/h3-12H,13-14H2,1-2H3,(H,24,25,26). The molecule has 0 atom stereocenters. The summed E-state index contributed by atoms with van der Waals surface area (Å²) in [7, 11) is 1.61. The summed E-state index contributed by atoms with van der Waals surface area (Å²) in [5.41, 5.74) is 1.92. The summed E-state index contributed by atoms with van der Waals surface area (Å²) in [5, 5.41) is 8.72. The number of hydrogen-bond donors (Lipinski definition) is 1.